The van der Waals surface area contributed by atoms with Gasteiger partial charge < -0.3 is 4.98 Å². The predicted molar refractivity (Wildman–Crippen MR) is 89.8 cm³/mol. The zero-order chi connectivity index (χ0) is 17.3. The van der Waals surface area contributed by atoms with Gasteiger partial charge in [-0.3, -0.25) is 20.2 Å². The second kappa shape index (κ2) is 6.11. The van der Waals surface area contributed by atoms with E-state index in [2.05, 4.69) is 4.98 Å². The van der Waals surface area contributed by atoms with Crippen molar-refractivity contribution in [1.82, 2.24) is 4.98 Å². The molecule has 7 nitrogen and oxygen atoms in total. The van der Waals surface area contributed by atoms with Crippen LogP contribution in [0.15, 0.2) is 48.5 Å². The molecule has 1 atom stereocenters. The SMILES string of the molecule is Cc1[nH]c2ccccc2c1[C@@H](C[N+](=O)[O-])c1ccc([N+](=O)[O-])cc1. The molecule has 3 aromatic rings. The smallest absolute Gasteiger partial charge is 0.269 e. The van der Waals surface area contributed by atoms with Gasteiger partial charge in [0.1, 0.15) is 0 Å². The van der Waals surface area contributed by atoms with Gasteiger partial charge in [0.05, 0.1) is 10.8 Å². The summed E-state index contributed by atoms with van der Waals surface area (Å²) < 4.78 is 0. The second-order valence-corrected chi connectivity index (χ2v) is 5.63. The highest BCUT2D eigenvalue weighted by Gasteiger charge is 2.25. The van der Waals surface area contributed by atoms with Crippen LogP contribution in [0.1, 0.15) is 22.7 Å². The number of rotatable bonds is 5. The minimum atomic E-state index is -0.483. The summed E-state index contributed by atoms with van der Waals surface area (Å²) in [5.74, 6) is -0.475. The van der Waals surface area contributed by atoms with Crippen LogP contribution in [0.25, 0.3) is 10.9 Å². The molecule has 1 heterocycles. The molecule has 0 amide bonds. The van der Waals surface area contributed by atoms with Crippen molar-refractivity contribution >= 4 is 16.6 Å². The van der Waals surface area contributed by atoms with Gasteiger partial charge in [-0.15, -0.1) is 0 Å². The average molecular weight is 325 g/mol. The summed E-state index contributed by atoms with van der Waals surface area (Å²) in [4.78, 5) is 24.4. The maximum Gasteiger partial charge on any atom is 0.269 e. The van der Waals surface area contributed by atoms with Crippen LogP contribution in [-0.4, -0.2) is 21.4 Å². The molecule has 0 radical (unpaired) electrons. The lowest BCUT2D eigenvalue weighted by Gasteiger charge is -2.14. The van der Waals surface area contributed by atoms with Crippen molar-refractivity contribution in [2.45, 2.75) is 12.8 Å². The number of benzene rings is 2. The van der Waals surface area contributed by atoms with Gasteiger partial charge in [0.2, 0.25) is 6.54 Å². The summed E-state index contributed by atoms with van der Waals surface area (Å²) in [6.45, 7) is 1.61. The first-order chi connectivity index (χ1) is 11.5. The molecular weight excluding hydrogens is 310 g/mol. The molecule has 0 aliphatic carbocycles. The fourth-order valence-corrected chi connectivity index (χ4v) is 3.09. The molecule has 0 spiro atoms. The van der Waals surface area contributed by atoms with Gasteiger partial charge in [-0.2, -0.15) is 0 Å². The minimum Gasteiger partial charge on any atom is -0.358 e. The van der Waals surface area contributed by atoms with E-state index < -0.39 is 10.8 Å². The molecule has 0 unspecified atom stereocenters. The summed E-state index contributed by atoms with van der Waals surface area (Å²) in [6.07, 6.45) is 0. The summed E-state index contributed by atoms with van der Waals surface area (Å²) in [5, 5.41) is 22.9. The molecule has 0 bridgehead atoms. The van der Waals surface area contributed by atoms with E-state index in [4.69, 9.17) is 0 Å². The standard InChI is InChI=1S/C17H15N3O4/c1-11-17(14-4-2-3-5-16(14)18-11)15(10-19(21)22)12-6-8-13(9-7-12)20(23)24/h2-9,15,18H,10H2,1H3/t15-/m0/s1. The fraction of sp³-hybridized carbons (Fsp3) is 0.176. The van der Waals surface area contributed by atoms with Crippen molar-refractivity contribution in [3.8, 4) is 0 Å². The minimum absolute atomic E-state index is 0.0331. The van der Waals surface area contributed by atoms with Gasteiger partial charge in [-0.05, 0) is 24.1 Å². The van der Waals surface area contributed by atoms with Gasteiger partial charge in [0.15, 0.2) is 0 Å². The molecule has 0 saturated carbocycles. The lowest BCUT2D eigenvalue weighted by molar-refractivity contribution is -0.481. The van der Waals surface area contributed by atoms with Crippen molar-refractivity contribution in [3.05, 3.63) is 85.6 Å². The molecular formula is C17H15N3O4. The van der Waals surface area contributed by atoms with E-state index in [0.717, 1.165) is 22.2 Å². The van der Waals surface area contributed by atoms with Crippen molar-refractivity contribution in [3.63, 3.8) is 0 Å². The van der Waals surface area contributed by atoms with E-state index in [-0.39, 0.29) is 17.2 Å². The number of hydrogen-bond donors (Lipinski definition) is 1. The van der Waals surface area contributed by atoms with Gasteiger partial charge in [0, 0.05) is 33.7 Å². The molecule has 0 aliphatic rings. The molecule has 0 saturated heterocycles. The number of fused-ring (bicyclic) bond motifs is 1. The first-order valence-corrected chi connectivity index (χ1v) is 7.40. The molecule has 24 heavy (non-hydrogen) atoms. The number of hydrogen-bond acceptors (Lipinski definition) is 4. The first-order valence-electron chi connectivity index (χ1n) is 7.40. The summed E-state index contributed by atoms with van der Waals surface area (Å²) in [7, 11) is 0. The zero-order valence-corrected chi connectivity index (χ0v) is 12.9. The highest BCUT2D eigenvalue weighted by molar-refractivity contribution is 5.85. The Balaban J connectivity index is 2.13. The summed E-state index contributed by atoms with van der Waals surface area (Å²) in [5.41, 5.74) is 3.29. The Morgan fingerprint density at radius 3 is 2.33 bits per heavy atom. The Morgan fingerprint density at radius 2 is 1.71 bits per heavy atom. The number of nitrogens with one attached hydrogen (secondary N) is 1. The molecule has 3 rings (SSSR count). The molecule has 122 valence electrons. The largest absolute Gasteiger partial charge is 0.358 e. The normalized spacial score (nSPS) is 12.2. The summed E-state index contributed by atoms with van der Waals surface area (Å²) in [6, 6.07) is 13.6. The van der Waals surface area contributed by atoms with E-state index in [1.54, 1.807) is 12.1 Å². The van der Waals surface area contributed by atoms with Crippen molar-refractivity contribution < 1.29 is 9.85 Å². The number of nitro benzene ring substituents is 1. The lowest BCUT2D eigenvalue weighted by atomic mass is 9.89. The van der Waals surface area contributed by atoms with Crippen LogP contribution >= 0.6 is 0 Å². The summed E-state index contributed by atoms with van der Waals surface area (Å²) >= 11 is 0. The number of aromatic amines is 1. The number of non-ortho nitro benzene ring substituents is 1. The second-order valence-electron chi connectivity index (χ2n) is 5.63. The third-order valence-corrected chi connectivity index (χ3v) is 4.13. The third kappa shape index (κ3) is 2.83. The van der Waals surface area contributed by atoms with E-state index in [0.29, 0.717) is 5.56 Å². The number of H-pyrrole nitrogens is 1. The molecule has 2 aromatic carbocycles. The van der Waals surface area contributed by atoms with Crippen LogP contribution in [-0.2, 0) is 0 Å². The Morgan fingerprint density at radius 1 is 1.04 bits per heavy atom. The number of nitrogens with zero attached hydrogens (tertiary/aromatic N) is 2. The zero-order valence-electron chi connectivity index (χ0n) is 12.9. The first kappa shape index (κ1) is 15.7. The van der Waals surface area contributed by atoms with Crippen LogP contribution in [0, 0.1) is 27.2 Å². The lowest BCUT2D eigenvalue weighted by Crippen LogP contribution is -2.14. The van der Waals surface area contributed by atoms with Crippen LogP contribution in [0.4, 0.5) is 5.69 Å². The van der Waals surface area contributed by atoms with Crippen LogP contribution in [0.2, 0.25) is 0 Å². The number of nitro groups is 2. The van der Waals surface area contributed by atoms with Crippen LogP contribution < -0.4 is 0 Å². The fourth-order valence-electron chi connectivity index (χ4n) is 3.09. The third-order valence-electron chi connectivity index (χ3n) is 4.13. The van der Waals surface area contributed by atoms with Gasteiger partial charge in [-0.1, -0.05) is 30.3 Å². The molecule has 1 N–H and O–H groups in total. The molecule has 1 aromatic heterocycles. The van der Waals surface area contributed by atoms with E-state index in [1.165, 1.54) is 12.1 Å². The number of aromatic nitrogens is 1. The predicted octanol–water partition coefficient (Wildman–Crippen LogP) is 3.79. The average Bonchev–Trinajstić information content (AvgIpc) is 2.88. The van der Waals surface area contributed by atoms with E-state index >= 15 is 0 Å². The van der Waals surface area contributed by atoms with Crippen LogP contribution in [0.5, 0.6) is 0 Å². The molecule has 0 aliphatic heterocycles. The Bertz CT molecular complexity index is 915. The quantitative estimate of drug-likeness (QED) is 0.569. The van der Waals surface area contributed by atoms with Crippen molar-refractivity contribution in [2.24, 2.45) is 0 Å². The van der Waals surface area contributed by atoms with E-state index in [9.17, 15) is 20.2 Å². The van der Waals surface area contributed by atoms with Crippen molar-refractivity contribution in [2.75, 3.05) is 6.54 Å². The Labute approximate surface area is 137 Å². The molecule has 0 fully saturated rings. The highest BCUT2D eigenvalue weighted by Crippen LogP contribution is 2.34. The Hall–Kier alpha value is -3.22. The van der Waals surface area contributed by atoms with E-state index in [1.807, 2.05) is 31.2 Å². The Kier molecular flexibility index (Phi) is 3.99. The monoisotopic (exact) mass is 325 g/mol. The number of aryl methyl sites for hydroxylation is 1. The van der Waals surface area contributed by atoms with Crippen LogP contribution in [0.3, 0.4) is 0 Å². The molecule has 7 heteroatoms. The van der Waals surface area contributed by atoms with Gasteiger partial charge in [0.25, 0.3) is 5.69 Å². The van der Waals surface area contributed by atoms with Gasteiger partial charge >= 0.3 is 0 Å². The topological polar surface area (TPSA) is 102 Å². The van der Waals surface area contributed by atoms with Gasteiger partial charge in [-0.25, -0.2) is 0 Å². The maximum absolute atomic E-state index is 11.2. The number of para-hydroxylation sites is 1. The van der Waals surface area contributed by atoms with Crippen molar-refractivity contribution in [1.29, 1.82) is 0 Å². The maximum atomic E-state index is 11.2. The highest BCUT2D eigenvalue weighted by atomic mass is 16.6.